The van der Waals surface area contributed by atoms with Gasteiger partial charge in [-0.05, 0) is 18.1 Å². The number of rotatable bonds is 4. The van der Waals surface area contributed by atoms with Crippen molar-refractivity contribution in [2.75, 3.05) is 0 Å². The van der Waals surface area contributed by atoms with Crippen molar-refractivity contribution in [1.29, 1.82) is 0 Å². The Balaban J connectivity index is 2.94. The van der Waals surface area contributed by atoms with Crippen molar-refractivity contribution in [3.63, 3.8) is 0 Å². The van der Waals surface area contributed by atoms with Gasteiger partial charge >= 0.3 is 0 Å². The fourth-order valence-electron chi connectivity index (χ4n) is 1.07. The van der Waals surface area contributed by atoms with Crippen molar-refractivity contribution >= 4 is 29.6 Å². The van der Waals surface area contributed by atoms with Gasteiger partial charge in [-0.15, -0.1) is 11.8 Å². The van der Waals surface area contributed by atoms with Crippen molar-refractivity contribution in [2.24, 2.45) is 5.92 Å². The van der Waals surface area contributed by atoms with Gasteiger partial charge in [0.1, 0.15) is 0 Å². The van der Waals surface area contributed by atoms with Crippen LogP contribution in [0, 0.1) is 5.92 Å². The van der Waals surface area contributed by atoms with Gasteiger partial charge in [0.05, 0.1) is 5.02 Å². The van der Waals surface area contributed by atoms with Gasteiger partial charge in [0, 0.05) is 15.7 Å². The van der Waals surface area contributed by atoms with Gasteiger partial charge in [0.2, 0.25) is 0 Å². The highest BCUT2D eigenvalue weighted by atomic mass is 35.5. The molecule has 0 fully saturated rings. The van der Waals surface area contributed by atoms with E-state index in [0.717, 1.165) is 11.2 Å². The van der Waals surface area contributed by atoms with Crippen LogP contribution in [0.5, 0.6) is 0 Å². The van der Waals surface area contributed by atoms with Gasteiger partial charge in [-0.2, -0.15) is 0 Å². The maximum absolute atomic E-state index is 10.9. The van der Waals surface area contributed by atoms with Crippen LogP contribution in [0.1, 0.15) is 31.1 Å². The van der Waals surface area contributed by atoms with E-state index in [4.69, 9.17) is 11.6 Å². The molecule has 82 valence electrons. The molecule has 0 radical (unpaired) electrons. The zero-order chi connectivity index (χ0) is 11.4. The van der Waals surface area contributed by atoms with Crippen LogP contribution >= 0.6 is 23.4 Å². The van der Waals surface area contributed by atoms with E-state index in [1.807, 2.05) is 12.1 Å². The Kier molecular flexibility index (Phi) is 4.68. The minimum atomic E-state index is 0.474. The number of carbonyl (C=O) groups excluding carboxylic acids is 1. The summed E-state index contributed by atoms with van der Waals surface area (Å²) in [6, 6.07) is 5.57. The summed E-state index contributed by atoms with van der Waals surface area (Å²) in [7, 11) is 0. The van der Waals surface area contributed by atoms with E-state index in [1.165, 1.54) is 0 Å². The second kappa shape index (κ2) is 5.57. The molecule has 1 unspecified atom stereocenters. The third kappa shape index (κ3) is 3.25. The topological polar surface area (TPSA) is 17.1 Å². The Labute approximate surface area is 100 Å². The lowest BCUT2D eigenvalue weighted by Crippen LogP contribution is -2.06. The molecule has 0 aromatic heterocycles. The molecule has 3 heteroatoms. The highest BCUT2D eigenvalue weighted by Gasteiger charge is 2.12. The molecule has 0 aliphatic heterocycles. The standard InChI is InChI=1S/C12H15ClOS/c1-8(2)9(3)15-12-6-4-5-11(13)10(12)7-14/h4-9H,1-3H3. The maximum Gasteiger partial charge on any atom is 0.152 e. The summed E-state index contributed by atoms with van der Waals surface area (Å²) in [4.78, 5) is 11.9. The van der Waals surface area contributed by atoms with Crippen LogP contribution in [0.4, 0.5) is 0 Å². The molecule has 0 bridgehead atoms. The first-order chi connectivity index (χ1) is 7.06. The third-order valence-electron chi connectivity index (χ3n) is 2.38. The predicted molar refractivity (Wildman–Crippen MR) is 67.0 cm³/mol. The molecule has 1 nitrogen and oxygen atoms in total. The molecule has 1 aromatic carbocycles. The maximum atomic E-state index is 10.9. The van der Waals surface area contributed by atoms with Crippen molar-refractivity contribution in [2.45, 2.75) is 30.9 Å². The average molecular weight is 243 g/mol. The lowest BCUT2D eigenvalue weighted by atomic mass is 10.2. The van der Waals surface area contributed by atoms with E-state index >= 15 is 0 Å². The first kappa shape index (κ1) is 12.6. The molecule has 0 spiro atoms. The first-order valence-corrected chi connectivity index (χ1v) is 6.22. The zero-order valence-electron chi connectivity index (χ0n) is 9.16. The van der Waals surface area contributed by atoms with Crippen molar-refractivity contribution in [3.8, 4) is 0 Å². The van der Waals surface area contributed by atoms with Gasteiger partial charge < -0.3 is 0 Å². The van der Waals surface area contributed by atoms with Crippen LogP contribution < -0.4 is 0 Å². The van der Waals surface area contributed by atoms with Gasteiger partial charge in [-0.25, -0.2) is 0 Å². The normalized spacial score (nSPS) is 12.9. The van der Waals surface area contributed by atoms with Crippen LogP contribution in [-0.4, -0.2) is 11.5 Å². The fraction of sp³-hybridized carbons (Fsp3) is 0.417. The lowest BCUT2D eigenvalue weighted by molar-refractivity contribution is 0.112. The molecule has 0 heterocycles. The van der Waals surface area contributed by atoms with Crippen molar-refractivity contribution in [3.05, 3.63) is 28.8 Å². The number of aldehydes is 1. The monoisotopic (exact) mass is 242 g/mol. The number of halogens is 1. The molecular formula is C12H15ClOS. The third-order valence-corrected chi connectivity index (χ3v) is 4.24. The number of thioether (sulfide) groups is 1. The minimum Gasteiger partial charge on any atom is -0.298 e. The Bertz CT molecular complexity index is 349. The van der Waals surface area contributed by atoms with E-state index in [1.54, 1.807) is 17.8 Å². The molecule has 0 aliphatic carbocycles. The highest BCUT2D eigenvalue weighted by molar-refractivity contribution is 8.00. The van der Waals surface area contributed by atoms with Gasteiger partial charge in [-0.3, -0.25) is 4.79 Å². The SMILES string of the molecule is CC(C)C(C)Sc1cccc(Cl)c1C=O. The second-order valence-corrected chi connectivity index (χ2v) is 5.66. The molecule has 1 rings (SSSR count). The largest absolute Gasteiger partial charge is 0.298 e. The van der Waals surface area contributed by atoms with Crippen molar-refractivity contribution in [1.82, 2.24) is 0 Å². The summed E-state index contributed by atoms with van der Waals surface area (Å²) in [5.74, 6) is 0.577. The zero-order valence-corrected chi connectivity index (χ0v) is 10.7. The molecule has 1 atom stereocenters. The lowest BCUT2D eigenvalue weighted by Gasteiger charge is -2.16. The quantitative estimate of drug-likeness (QED) is 0.579. The smallest absolute Gasteiger partial charge is 0.152 e. The summed E-state index contributed by atoms with van der Waals surface area (Å²) in [6.07, 6.45) is 0.831. The van der Waals surface area contributed by atoms with Crippen LogP contribution in [-0.2, 0) is 0 Å². The number of hydrogen-bond acceptors (Lipinski definition) is 2. The molecule has 0 aliphatic rings. The van der Waals surface area contributed by atoms with Crippen LogP contribution in [0.2, 0.25) is 5.02 Å². The summed E-state index contributed by atoms with van der Waals surface area (Å²) in [5, 5.41) is 1.01. The molecule has 0 amide bonds. The van der Waals surface area contributed by atoms with E-state index in [0.29, 0.717) is 21.8 Å². The summed E-state index contributed by atoms with van der Waals surface area (Å²) >= 11 is 7.65. The summed E-state index contributed by atoms with van der Waals surface area (Å²) in [6.45, 7) is 6.50. The molecule has 0 saturated heterocycles. The van der Waals surface area contributed by atoms with Crippen LogP contribution in [0.25, 0.3) is 0 Å². The number of carbonyl (C=O) groups is 1. The van der Waals surface area contributed by atoms with Crippen LogP contribution in [0.3, 0.4) is 0 Å². The Morgan fingerprint density at radius 2 is 2.00 bits per heavy atom. The van der Waals surface area contributed by atoms with E-state index in [-0.39, 0.29) is 0 Å². The Hall–Kier alpha value is -0.470. The Morgan fingerprint density at radius 1 is 1.33 bits per heavy atom. The predicted octanol–water partition coefficient (Wildman–Crippen LogP) is 4.29. The summed E-state index contributed by atoms with van der Waals surface area (Å²) in [5.41, 5.74) is 0.608. The molecule has 15 heavy (non-hydrogen) atoms. The molecule has 0 saturated carbocycles. The van der Waals surface area contributed by atoms with E-state index in [2.05, 4.69) is 20.8 Å². The van der Waals surface area contributed by atoms with Gasteiger partial charge in [-0.1, -0.05) is 38.4 Å². The van der Waals surface area contributed by atoms with Gasteiger partial charge in [0.15, 0.2) is 6.29 Å². The van der Waals surface area contributed by atoms with E-state index in [9.17, 15) is 4.79 Å². The summed E-state index contributed by atoms with van der Waals surface area (Å²) < 4.78 is 0. The minimum absolute atomic E-state index is 0.474. The Morgan fingerprint density at radius 3 is 2.53 bits per heavy atom. The second-order valence-electron chi connectivity index (χ2n) is 3.84. The first-order valence-electron chi connectivity index (χ1n) is 4.96. The van der Waals surface area contributed by atoms with E-state index < -0.39 is 0 Å². The van der Waals surface area contributed by atoms with Crippen LogP contribution in [0.15, 0.2) is 23.1 Å². The molecular weight excluding hydrogens is 228 g/mol. The fourth-order valence-corrected chi connectivity index (χ4v) is 2.46. The number of benzene rings is 1. The number of hydrogen-bond donors (Lipinski definition) is 0. The molecule has 1 aromatic rings. The average Bonchev–Trinajstić information content (AvgIpc) is 2.18. The van der Waals surface area contributed by atoms with Gasteiger partial charge in [0.25, 0.3) is 0 Å². The highest BCUT2D eigenvalue weighted by Crippen LogP contribution is 2.32. The molecule has 0 N–H and O–H groups in total. The van der Waals surface area contributed by atoms with Crippen molar-refractivity contribution < 1.29 is 4.79 Å².